The molecule has 1 aliphatic carbocycles. The van der Waals surface area contributed by atoms with Crippen LogP contribution in [0.25, 0.3) is 0 Å². The third-order valence-corrected chi connectivity index (χ3v) is 6.30. The van der Waals surface area contributed by atoms with E-state index in [2.05, 4.69) is 21.3 Å². The minimum Gasteiger partial charge on any atom is -0.354 e. The molecular weight excluding hydrogens is 358 g/mol. The Morgan fingerprint density at radius 3 is 2.54 bits per heavy atom. The molecule has 0 bridgehead atoms. The molecule has 2 aliphatic heterocycles. The summed E-state index contributed by atoms with van der Waals surface area (Å²) in [7, 11) is 0. The summed E-state index contributed by atoms with van der Waals surface area (Å²) in [6.07, 6.45) is 7.21. The molecule has 2 saturated heterocycles. The molecule has 1 saturated carbocycles. The van der Waals surface area contributed by atoms with Crippen molar-refractivity contribution < 1.29 is 14.4 Å². The van der Waals surface area contributed by atoms with E-state index in [4.69, 9.17) is 0 Å². The first-order valence-corrected chi connectivity index (χ1v) is 10.9. The molecule has 0 aromatic carbocycles. The number of amides is 4. The Hall–Kier alpha value is -1.83. The summed E-state index contributed by atoms with van der Waals surface area (Å²) in [4.78, 5) is 39.6. The van der Waals surface area contributed by atoms with E-state index in [-0.39, 0.29) is 29.8 Å². The second kappa shape index (κ2) is 9.58. The van der Waals surface area contributed by atoms with Crippen molar-refractivity contribution >= 4 is 17.8 Å². The largest absolute Gasteiger partial charge is 0.354 e. The highest BCUT2D eigenvalue weighted by Crippen LogP contribution is 2.33. The average molecular weight is 394 g/mol. The van der Waals surface area contributed by atoms with Crippen molar-refractivity contribution in [1.82, 2.24) is 26.2 Å². The summed E-state index contributed by atoms with van der Waals surface area (Å²) in [5, 5.41) is 12.0. The Labute approximate surface area is 167 Å². The minimum atomic E-state index is -0.766. The van der Waals surface area contributed by atoms with Crippen LogP contribution in [0.3, 0.4) is 0 Å². The number of carbonyl (C=O) groups excluding carboxylic acids is 3. The SMILES string of the molecule is CCNC(=O)NC1(C(=O)N2CCCC(CNC(=O)C3CCCN3)C2)CCCC1. The highest BCUT2D eigenvalue weighted by molar-refractivity contribution is 5.91. The molecule has 2 heterocycles. The number of urea groups is 1. The summed E-state index contributed by atoms with van der Waals surface area (Å²) >= 11 is 0. The van der Waals surface area contributed by atoms with Crippen LogP contribution in [0.5, 0.6) is 0 Å². The molecule has 3 aliphatic rings. The van der Waals surface area contributed by atoms with Gasteiger partial charge in [0.05, 0.1) is 6.04 Å². The Kier molecular flexibility index (Phi) is 7.15. The van der Waals surface area contributed by atoms with E-state index in [9.17, 15) is 14.4 Å². The van der Waals surface area contributed by atoms with Gasteiger partial charge in [0, 0.05) is 26.2 Å². The van der Waals surface area contributed by atoms with Gasteiger partial charge in [-0.2, -0.15) is 0 Å². The van der Waals surface area contributed by atoms with E-state index >= 15 is 0 Å². The summed E-state index contributed by atoms with van der Waals surface area (Å²) in [5.74, 6) is 0.391. The Balaban J connectivity index is 1.55. The molecule has 3 rings (SSSR count). The van der Waals surface area contributed by atoms with Crippen molar-refractivity contribution in [3.05, 3.63) is 0 Å². The van der Waals surface area contributed by atoms with Crippen LogP contribution in [0.1, 0.15) is 58.3 Å². The first-order chi connectivity index (χ1) is 13.5. The van der Waals surface area contributed by atoms with Crippen molar-refractivity contribution in [1.29, 1.82) is 0 Å². The monoisotopic (exact) mass is 393 g/mol. The lowest BCUT2D eigenvalue weighted by Gasteiger charge is -2.39. The van der Waals surface area contributed by atoms with Crippen LogP contribution in [0, 0.1) is 5.92 Å². The first kappa shape index (κ1) is 20.9. The van der Waals surface area contributed by atoms with Crippen LogP contribution in [0.15, 0.2) is 0 Å². The van der Waals surface area contributed by atoms with Crippen LogP contribution >= 0.6 is 0 Å². The number of rotatable bonds is 6. The van der Waals surface area contributed by atoms with Crippen molar-refractivity contribution in [2.75, 3.05) is 32.7 Å². The lowest BCUT2D eigenvalue weighted by Crippen LogP contribution is -2.61. The van der Waals surface area contributed by atoms with Gasteiger partial charge in [0.15, 0.2) is 0 Å². The second-order valence-electron chi connectivity index (χ2n) is 8.43. The van der Waals surface area contributed by atoms with Gasteiger partial charge in [0.25, 0.3) is 0 Å². The van der Waals surface area contributed by atoms with E-state index in [0.29, 0.717) is 32.5 Å². The summed E-state index contributed by atoms with van der Waals surface area (Å²) in [6, 6.07) is -0.327. The summed E-state index contributed by atoms with van der Waals surface area (Å²) in [5.41, 5.74) is -0.766. The number of nitrogens with zero attached hydrogens (tertiary/aromatic N) is 1. The lowest BCUT2D eigenvalue weighted by molar-refractivity contribution is -0.139. The van der Waals surface area contributed by atoms with Gasteiger partial charge in [-0.15, -0.1) is 0 Å². The zero-order chi connectivity index (χ0) is 20.0. The Bertz CT molecular complexity index is 570. The van der Waals surface area contributed by atoms with E-state index in [1.54, 1.807) is 0 Å². The van der Waals surface area contributed by atoms with Gasteiger partial charge in [-0.1, -0.05) is 12.8 Å². The predicted molar refractivity (Wildman–Crippen MR) is 107 cm³/mol. The number of piperidine rings is 1. The van der Waals surface area contributed by atoms with Crippen LogP contribution in [-0.2, 0) is 9.59 Å². The molecule has 3 fully saturated rings. The lowest BCUT2D eigenvalue weighted by atomic mass is 9.91. The molecule has 0 spiro atoms. The molecule has 4 amide bonds. The molecule has 0 aromatic rings. The maximum absolute atomic E-state index is 13.3. The highest BCUT2D eigenvalue weighted by Gasteiger charge is 2.45. The van der Waals surface area contributed by atoms with E-state index in [1.807, 2.05) is 11.8 Å². The van der Waals surface area contributed by atoms with Crippen LogP contribution in [0.2, 0.25) is 0 Å². The zero-order valence-electron chi connectivity index (χ0n) is 17.0. The number of hydrogen-bond donors (Lipinski definition) is 4. The van der Waals surface area contributed by atoms with Gasteiger partial charge in [-0.05, 0) is 57.9 Å². The van der Waals surface area contributed by atoms with E-state index in [0.717, 1.165) is 51.6 Å². The smallest absolute Gasteiger partial charge is 0.315 e. The molecule has 0 radical (unpaired) electrons. The number of likely N-dealkylation sites (tertiary alicyclic amines) is 1. The molecule has 8 nitrogen and oxygen atoms in total. The first-order valence-electron chi connectivity index (χ1n) is 10.9. The summed E-state index contributed by atoms with van der Waals surface area (Å²) in [6.45, 7) is 5.30. The van der Waals surface area contributed by atoms with E-state index in [1.165, 1.54) is 0 Å². The fourth-order valence-corrected chi connectivity index (χ4v) is 4.79. The standard InChI is InChI=1S/C20H35N5O3/c1-2-21-19(28)24-20(9-3-4-10-20)18(27)25-12-6-7-15(14-25)13-23-17(26)16-8-5-11-22-16/h15-16,22H,2-14H2,1H3,(H,23,26)(H2,21,24,28). The molecule has 2 unspecified atom stereocenters. The fraction of sp³-hybridized carbons (Fsp3) is 0.850. The third kappa shape index (κ3) is 4.96. The molecule has 0 aromatic heterocycles. The van der Waals surface area contributed by atoms with Crippen molar-refractivity contribution in [2.24, 2.45) is 5.92 Å². The number of hydrogen-bond acceptors (Lipinski definition) is 4. The van der Waals surface area contributed by atoms with Gasteiger partial charge < -0.3 is 26.2 Å². The normalized spacial score (nSPS) is 26.7. The molecule has 8 heteroatoms. The second-order valence-corrected chi connectivity index (χ2v) is 8.43. The summed E-state index contributed by atoms with van der Waals surface area (Å²) < 4.78 is 0. The minimum absolute atomic E-state index is 0.0461. The molecule has 28 heavy (non-hydrogen) atoms. The van der Waals surface area contributed by atoms with Gasteiger partial charge in [-0.25, -0.2) is 4.79 Å². The van der Waals surface area contributed by atoms with Gasteiger partial charge in [0.2, 0.25) is 11.8 Å². The zero-order valence-corrected chi connectivity index (χ0v) is 17.0. The van der Waals surface area contributed by atoms with Crippen LogP contribution in [0.4, 0.5) is 4.79 Å². The average Bonchev–Trinajstić information content (AvgIpc) is 3.39. The molecule has 158 valence electrons. The fourth-order valence-electron chi connectivity index (χ4n) is 4.79. The molecule has 2 atom stereocenters. The predicted octanol–water partition coefficient (Wildman–Crippen LogP) is 0.725. The number of nitrogens with one attached hydrogen (secondary N) is 4. The van der Waals surface area contributed by atoms with E-state index < -0.39 is 5.54 Å². The Morgan fingerprint density at radius 1 is 1.07 bits per heavy atom. The number of carbonyl (C=O) groups is 3. The van der Waals surface area contributed by atoms with Crippen molar-refractivity contribution in [3.63, 3.8) is 0 Å². The van der Waals surface area contributed by atoms with Gasteiger partial charge >= 0.3 is 6.03 Å². The topological polar surface area (TPSA) is 103 Å². The maximum Gasteiger partial charge on any atom is 0.315 e. The molecular formula is C20H35N5O3. The van der Waals surface area contributed by atoms with Crippen LogP contribution < -0.4 is 21.3 Å². The van der Waals surface area contributed by atoms with Crippen molar-refractivity contribution in [2.45, 2.75) is 69.9 Å². The maximum atomic E-state index is 13.3. The quantitative estimate of drug-likeness (QED) is 0.534. The van der Waals surface area contributed by atoms with Gasteiger partial charge in [-0.3, -0.25) is 9.59 Å². The molecule has 4 N–H and O–H groups in total. The van der Waals surface area contributed by atoms with Crippen molar-refractivity contribution in [3.8, 4) is 0 Å². The van der Waals surface area contributed by atoms with Gasteiger partial charge in [0.1, 0.15) is 5.54 Å². The Morgan fingerprint density at radius 2 is 1.86 bits per heavy atom. The third-order valence-electron chi connectivity index (χ3n) is 6.30. The highest BCUT2D eigenvalue weighted by atomic mass is 16.2. The van der Waals surface area contributed by atoms with Crippen LogP contribution in [-0.4, -0.2) is 67.0 Å².